The highest BCUT2D eigenvalue weighted by Crippen LogP contribution is 2.59. The summed E-state index contributed by atoms with van der Waals surface area (Å²) in [4.78, 5) is 23.0. The van der Waals surface area contributed by atoms with Gasteiger partial charge in [0.15, 0.2) is 11.6 Å². The predicted octanol–water partition coefficient (Wildman–Crippen LogP) is 4.55. The summed E-state index contributed by atoms with van der Waals surface area (Å²) in [6, 6.07) is 5.40. The van der Waals surface area contributed by atoms with Gasteiger partial charge in [0.05, 0.1) is 24.8 Å². The maximum atomic E-state index is 14.8. The lowest BCUT2D eigenvalue weighted by molar-refractivity contribution is -0.165. The minimum atomic E-state index is -4.46. The first-order valence-corrected chi connectivity index (χ1v) is 12.4. The van der Waals surface area contributed by atoms with Crippen LogP contribution in [0, 0.1) is 5.82 Å². The highest BCUT2D eigenvalue weighted by Gasteiger charge is 2.66. The highest BCUT2D eigenvalue weighted by atomic mass is 19.4. The fourth-order valence-electron chi connectivity index (χ4n) is 4.11. The fraction of sp³-hybridized carbons (Fsp3) is 0.346. The molecule has 40 heavy (non-hydrogen) atoms. The molecule has 0 unspecified atom stereocenters. The number of anilines is 3. The van der Waals surface area contributed by atoms with E-state index in [0.29, 0.717) is 17.1 Å². The van der Waals surface area contributed by atoms with Crippen molar-refractivity contribution < 1.29 is 26.9 Å². The summed E-state index contributed by atoms with van der Waals surface area (Å²) < 4.78 is 61.2. The fourth-order valence-corrected chi connectivity index (χ4v) is 4.11. The molecule has 10 nitrogen and oxygen atoms in total. The Morgan fingerprint density at radius 2 is 1.88 bits per heavy atom. The molecule has 1 aliphatic rings. The molecule has 3 heterocycles. The molecule has 1 aromatic carbocycles. The Labute approximate surface area is 226 Å². The van der Waals surface area contributed by atoms with Gasteiger partial charge in [0.2, 0.25) is 11.9 Å². The first-order chi connectivity index (χ1) is 19.0. The van der Waals surface area contributed by atoms with Gasteiger partial charge in [-0.3, -0.25) is 9.48 Å². The molecule has 4 aromatic rings. The molecule has 1 fully saturated rings. The lowest BCUT2D eigenvalue weighted by Crippen LogP contribution is -2.28. The van der Waals surface area contributed by atoms with Crippen molar-refractivity contribution in [1.29, 1.82) is 0 Å². The SMILES string of the molecule is CN(C)CCn1cc(Nc2ncc(-c3ccc(CC(=O)Nc4cc(C5(C(F)(F)F)CC5)on4)c(F)c3)cn2)cn1. The molecule has 2 N–H and O–H groups in total. The van der Waals surface area contributed by atoms with Crippen molar-refractivity contribution in [3.63, 3.8) is 0 Å². The first kappa shape index (κ1) is 27.2. The molecule has 0 aliphatic heterocycles. The summed E-state index contributed by atoms with van der Waals surface area (Å²) >= 11 is 0. The topological polar surface area (TPSA) is 114 Å². The number of carbonyl (C=O) groups is 1. The Kier molecular flexibility index (Phi) is 7.27. The number of nitrogens with one attached hydrogen (secondary N) is 2. The van der Waals surface area contributed by atoms with Gasteiger partial charge in [0.1, 0.15) is 11.2 Å². The number of hydrogen-bond donors (Lipinski definition) is 2. The van der Waals surface area contributed by atoms with Crippen molar-refractivity contribution in [3.05, 3.63) is 66.2 Å². The van der Waals surface area contributed by atoms with Crippen LogP contribution in [0.25, 0.3) is 11.1 Å². The summed E-state index contributed by atoms with van der Waals surface area (Å²) in [6.45, 7) is 1.59. The van der Waals surface area contributed by atoms with Crippen LogP contribution in [-0.2, 0) is 23.2 Å². The summed E-state index contributed by atoms with van der Waals surface area (Å²) in [5, 5.41) is 13.2. The quantitative estimate of drug-likeness (QED) is 0.273. The number of hydrogen-bond acceptors (Lipinski definition) is 8. The summed E-state index contributed by atoms with van der Waals surface area (Å²) in [7, 11) is 3.97. The van der Waals surface area contributed by atoms with Gasteiger partial charge in [-0.05, 0) is 44.1 Å². The third kappa shape index (κ3) is 5.96. The average Bonchev–Trinajstić information content (AvgIpc) is 3.41. The molecule has 3 aromatic heterocycles. The Morgan fingerprint density at radius 1 is 1.12 bits per heavy atom. The van der Waals surface area contributed by atoms with Crippen LogP contribution >= 0.6 is 0 Å². The molecular formula is C26H26F4N8O2. The van der Waals surface area contributed by atoms with Gasteiger partial charge in [-0.15, -0.1) is 0 Å². The van der Waals surface area contributed by atoms with Gasteiger partial charge < -0.3 is 20.1 Å². The summed E-state index contributed by atoms with van der Waals surface area (Å²) in [6.07, 6.45) is 1.61. The minimum absolute atomic E-state index is 0.0934. The molecule has 14 heteroatoms. The molecule has 1 aliphatic carbocycles. The number of rotatable bonds is 10. The maximum absolute atomic E-state index is 14.8. The molecule has 0 bridgehead atoms. The molecule has 0 radical (unpaired) electrons. The van der Waals surface area contributed by atoms with E-state index in [-0.39, 0.29) is 36.4 Å². The van der Waals surface area contributed by atoms with Gasteiger partial charge in [-0.25, -0.2) is 14.4 Å². The van der Waals surface area contributed by atoms with Crippen molar-refractivity contribution in [2.24, 2.45) is 0 Å². The van der Waals surface area contributed by atoms with Crippen LogP contribution in [0.1, 0.15) is 24.2 Å². The molecule has 1 amide bonds. The van der Waals surface area contributed by atoms with Crippen LogP contribution < -0.4 is 10.6 Å². The Hall–Kier alpha value is -4.33. The van der Waals surface area contributed by atoms with E-state index < -0.39 is 23.3 Å². The van der Waals surface area contributed by atoms with Crippen LogP contribution in [0.5, 0.6) is 0 Å². The number of benzene rings is 1. The zero-order chi connectivity index (χ0) is 28.5. The normalized spacial score (nSPS) is 14.4. The number of carbonyl (C=O) groups excluding carboxylic acids is 1. The van der Waals surface area contributed by atoms with Gasteiger partial charge in [-0.2, -0.15) is 18.3 Å². The monoisotopic (exact) mass is 558 g/mol. The van der Waals surface area contributed by atoms with Crippen molar-refractivity contribution in [3.8, 4) is 11.1 Å². The number of amides is 1. The summed E-state index contributed by atoms with van der Waals surface area (Å²) in [5.74, 6) is -1.42. The Morgan fingerprint density at radius 3 is 2.52 bits per heavy atom. The number of aromatic nitrogens is 5. The van der Waals surface area contributed by atoms with E-state index in [1.54, 1.807) is 29.3 Å². The smallest absolute Gasteiger partial charge is 0.358 e. The molecule has 0 spiro atoms. The molecule has 0 atom stereocenters. The van der Waals surface area contributed by atoms with Gasteiger partial charge in [0.25, 0.3) is 0 Å². The lowest BCUT2D eigenvalue weighted by atomic mass is 10.0. The van der Waals surface area contributed by atoms with Gasteiger partial charge >= 0.3 is 6.18 Å². The summed E-state index contributed by atoms with van der Waals surface area (Å²) in [5.41, 5.74) is -0.139. The third-order valence-corrected chi connectivity index (χ3v) is 6.60. The lowest BCUT2D eigenvalue weighted by Gasteiger charge is -2.14. The van der Waals surface area contributed by atoms with E-state index in [1.165, 1.54) is 12.1 Å². The molecular weight excluding hydrogens is 532 g/mol. The zero-order valence-corrected chi connectivity index (χ0v) is 21.7. The third-order valence-electron chi connectivity index (χ3n) is 6.60. The Bertz CT molecular complexity index is 1490. The van der Waals surface area contributed by atoms with Crippen LogP contribution in [0.3, 0.4) is 0 Å². The standard InChI is InChI=1S/C26H26F4N8O2/c1-37(2)7-8-38-15-19(14-33-38)34-24-31-12-18(13-32-24)16-3-4-17(20(27)9-16)10-23(39)35-22-11-21(40-36-22)25(5-6-25)26(28,29)30/h3-4,9,11-15H,5-8,10H2,1-2H3,(H,31,32,34)(H,35,36,39). The Balaban J connectivity index is 1.18. The second kappa shape index (κ2) is 10.7. The van der Waals surface area contributed by atoms with E-state index in [0.717, 1.165) is 24.8 Å². The molecule has 5 rings (SSSR count). The second-order valence-electron chi connectivity index (χ2n) is 9.90. The molecule has 0 saturated heterocycles. The van der Waals surface area contributed by atoms with E-state index in [9.17, 15) is 22.4 Å². The van der Waals surface area contributed by atoms with Crippen molar-refractivity contribution in [1.82, 2.24) is 29.8 Å². The predicted molar refractivity (Wildman–Crippen MR) is 137 cm³/mol. The second-order valence-corrected chi connectivity index (χ2v) is 9.90. The van der Waals surface area contributed by atoms with Crippen LogP contribution in [0.15, 0.2) is 53.6 Å². The van der Waals surface area contributed by atoms with Gasteiger partial charge in [-0.1, -0.05) is 17.3 Å². The number of alkyl halides is 3. The number of halogens is 4. The van der Waals surface area contributed by atoms with Crippen LogP contribution in [-0.4, -0.2) is 62.5 Å². The maximum Gasteiger partial charge on any atom is 0.401 e. The number of likely N-dealkylation sites (N-methyl/N-ethyl adjacent to an activating group) is 1. The van der Waals surface area contributed by atoms with E-state index in [1.807, 2.05) is 20.3 Å². The first-order valence-electron chi connectivity index (χ1n) is 12.4. The zero-order valence-electron chi connectivity index (χ0n) is 21.7. The van der Waals surface area contributed by atoms with Crippen molar-refractivity contribution in [2.75, 3.05) is 31.3 Å². The largest absolute Gasteiger partial charge is 0.401 e. The van der Waals surface area contributed by atoms with E-state index in [2.05, 4.69) is 35.8 Å². The van der Waals surface area contributed by atoms with Crippen LogP contribution in [0.4, 0.5) is 35.0 Å². The van der Waals surface area contributed by atoms with E-state index >= 15 is 0 Å². The highest BCUT2D eigenvalue weighted by molar-refractivity contribution is 5.91. The van der Waals surface area contributed by atoms with Crippen molar-refractivity contribution >= 4 is 23.4 Å². The molecule has 210 valence electrons. The van der Waals surface area contributed by atoms with Crippen molar-refractivity contribution in [2.45, 2.75) is 37.4 Å². The average molecular weight is 559 g/mol. The van der Waals surface area contributed by atoms with Crippen LogP contribution in [0.2, 0.25) is 0 Å². The van der Waals surface area contributed by atoms with E-state index in [4.69, 9.17) is 4.52 Å². The number of nitrogens with zero attached hydrogens (tertiary/aromatic N) is 6. The van der Waals surface area contributed by atoms with Gasteiger partial charge in [0, 0.05) is 36.8 Å². The molecule has 1 saturated carbocycles. The minimum Gasteiger partial charge on any atom is -0.358 e.